The molecule has 0 fully saturated rings. The van der Waals surface area contributed by atoms with Crippen molar-refractivity contribution in [1.82, 2.24) is 14.7 Å². The molecule has 3 heterocycles. The van der Waals surface area contributed by atoms with Crippen LogP contribution in [0.3, 0.4) is 0 Å². The number of hydrogen-bond donors (Lipinski definition) is 1. The summed E-state index contributed by atoms with van der Waals surface area (Å²) in [6, 6.07) is 8.35. The number of imidazole rings is 1. The zero-order chi connectivity index (χ0) is 17.6. The Kier molecular flexibility index (Phi) is 3.67. The van der Waals surface area contributed by atoms with E-state index in [0.29, 0.717) is 17.9 Å². The summed E-state index contributed by atoms with van der Waals surface area (Å²) in [5, 5.41) is 2.88. The highest BCUT2D eigenvalue weighted by atomic mass is 19.1. The zero-order valence-corrected chi connectivity index (χ0v) is 14.0. The third-order valence-electron chi connectivity index (χ3n) is 4.70. The maximum Gasteiger partial charge on any atom is 0.221 e. The van der Waals surface area contributed by atoms with Gasteiger partial charge in [-0.05, 0) is 36.8 Å². The van der Waals surface area contributed by atoms with Crippen molar-refractivity contribution in [3.8, 4) is 5.75 Å². The fourth-order valence-electron chi connectivity index (χ4n) is 3.54. The predicted molar refractivity (Wildman–Crippen MR) is 91.2 cm³/mol. The Balaban J connectivity index is 2.00. The normalized spacial score (nSPS) is 17.1. The molecule has 1 aliphatic heterocycles. The summed E-state index contributed by atoms with van der Waals surface area (Å²) in [6.07, 6.45) is 2.15. The molecular formula is C19H18FN3O2. The maximum atomic E-state index is 13.9. The van der Waals surface area contributed by atoms with E-state index in [1.54, 1.807) is 13.2 Å². The van der Waals surface area contributed by atoms with E-state index in [-0.39, 0.29) is 24.1 Å². The summed E-state index contributed by atoms with van der Waals surface area (Å²) in [5.41, 5.74) is 4.26. The van der Waals surface area contributed by atoms with Gasteiger partial charge >= 0.3 is 0 Å². The molecule has 1 aromatic carbocycles. The summed E-state index contributed by atoms with van der Waals surface area (Å²) in [7, 11) is 1.55. The molecule has 0 radical (unpaired) electrons. The van der Waals surface area contributed by atoms with E-state index in [1.807, 2.05) is 29.7 Å². The van der Waals surface area contributed by atoms with Gasteiger partial charge in [0.1, 0.15) is 17.2 Å². The van der Waals surface area contributed by atoms with Gasteiger partial charge < -0.3 is 14.5 Å². The first kappa shape index (κ1) is 15.6. The van der Waals surface area contributed by atoms with Crippen LogP contribution in [-0.2, 0) is 11.3 Å². The first-order valence-electron chi connectivity index (χ1n) is 8.15. The Hall–Kier alpha value is -2.89. The maximum absolute atomic E-state index is 13.9. The highest BCUT2D eigenvalue weighted by Gasteiger charge is 2.31. The monoisotopic (exact) mass is 339 g/mol. The van der Waals surface area contributed by atoms with Crippen molar-refractivity contribution in [3.63, 3.8) is 0 Å². The molecule has 1 aliphatic rings. The highest BCUT2D eigenvalue weighted by Crippen LogP contribution is 2.38. The fourth-order valence-corrected chi connectivity index (χ4v) is 3.54. The number of methoxy groups -OCH3 is 1. The number of nitrogens with one attached hydrogen (secondary N) is 1. The van der Waals surface area contributed by atoms with Crippen LogP contribution in [0.5, 0.6) is 5.75 Å². The summed E-state index contributed by atoms with van der Waals surface area (Å²) in [6.45, 7) is 2.36. The topological polar surface area (TPSA) is 55.6 Å². The number of amides is 1. The molecule has 6 heteroatoms. The van der Waals surface area contributed by atoms with Crippen LogP contribution in [0.1, 0.15) is 34.9 Å². The van der Waals surface area contributed by atoms with Crippen molar-refractivity contribution in [2.45, 2.75) is 25.8 Å². The average Bonchev–Trinajstić information content (AvgIpc) is 2.89. The predicted octanol–water partition coefficient (Wildman–Crippen LogP) is 2.94. The molecule has 128 valence electrons. The molecule has 4 rings (SSSR count). The number of hydrogen-bond acceptors (Lipinski definition) is 3. The van der Waals surface area contributed by atoms with Gasteiger partial charge in [-0.2, -0.15) is 0 Å². The smallest absolute Gasteiger partial charge is 0.221 e. The lowest BCUT2D eigenvalue weighted by Crippen LogP contribution is -2.21. The van der Waals surface area contributed by atoms with E-state index in [1.165, 1.54) is 12.1 Å². The molecule has 1 atom stereocenters. The Labute approximate surface area is 144 Å². The first-order chi connectivity index (χ1) is 12.1. The standard InChI is InChI=1S/C19H18FN3O2/c1-11-4-3-7-23-18-14(13-8-12(20)5-6-16(13)25-2)9-17(24)21-10-15(18)22-19(11)23/h3-8,14H,9-10H2,1-2H3,(H,21,24)/t14-/m1/s1. The number of aromatic nitrogens is 2. The second-order valence-electron chi connectivity index (χ2n) is 6.25. The van der Waals surface area contributed by atoms with Gasteiger partial charge in [0.05, 0.1) is 25.0 Å². The summed E-state index contributed by atoms with van der Waals surface area (Å²) < 4.78 is 21.4. The second-order valence-corrected chi connectivity index (χ2v) is 6.25. The quantitative estimate of drug-likeness (QED) is 0.781. The van der Waals surface area contributed by atoms with Gasteiger partial charge in [-0.15, -0.1) is 0 Å². The number of halogens is 1. The van der Waals surface area contributed by atoms with E-state index >= 15 is 0 Å². The van der Waals surface area contributed by atoms with E-state index in [4.69, 9.17) is 9.72 Å². The first-order valence-corrected chi connectivity index (χ1v) is 8.15. The van der Waals surface area contributed by atoms with Crippen molar-refractivity contribution >= 4 is 11.6 Å². The van der Waals surface area contributed by atoms with Crippen molar-refractivity contribution in [1.29, 1.82) is 0 Å². The van der Waals surface area contributed by atoms with Gasteiger partial charge in [-0.25, -0.2) is 9.37 Å². The van der Waals surface area contributed by atoms with Crippen LogP contribution in [0.15, 0.2) is 36.5 Å². The minimum atomic E-state index is -0.355. The molecule has 0 spiro atoms. The van der Waals surface area contributed by atoms with Crippen LogP contribution in [0.2, 0.25) is 0 Å². The Morgan fingerprint density at radius 1 is 1.36 bits per heavy atom. The number of aryl methyl sites for hydroxylation is 1. The number of nitrogens with zero attached hydrogens (tertiary/aromatic N) is 2. The van der Waals surface area contributed by atoms with E-state index in [2.05, 4.69) is 5.32 Å². The van der Waals surface area contributed by atoms with E-state index in [0.717, 1.165) is 22.6 Å². The summed E-state index contributed by atoms with van der Waals surface area (Å²) in [4.78, 5) is 17.0. The molecule has 0 saturated heterocycles. The Morgan fingerprint density at radius 2 is 2.20 bits per heavy atom. The zero-order valence-electron chi connectivity index (χ0n) is 14.0. The van der Waals surface area contributed by atoms with Gasteiger partial charge in [0.2, 0.25) is 5.91 Å². The highest BCUT2D eigenvalue weighted by molar-refractivity contribution is 5.79. The number of rotatable bonds is 2. The third kappa shape index (κ3) is 2.54. The fraction of sp³-hybridized carbons (Fsp3) is 0.263. The Morgan fingerprint density at radius 3 is 3.00 bits per heavy atom. The molecule has 3 aromatic rings. The number of benzene rings is 1. The minimum absolute atomic E-state index is 0.0873. The molecule has 5 nitrogen and oxygen atoms in total. The van der Waals surface area contributed by atoms with Crippen LogP contribution in [0.25, 0.3) is 5.65 Å². The minimum Gasteiger partial charge on any atom is -0.496 e. The molecule has 0 bridgehead atoms. The molecular weight excluding hydrogens is 321 g/mol. The van der Waals surface area contributed by atoms with Gasteiger partial charge in [-0.1, -0.05) is 6.07 Å². The summed E-state index contributed by atoms with van der Waals surface area (Å²) >= 11 is 0. The van der Waals surface area contributed by atoms with Gasteiger partial charge in [0.25, 0.3) is 0 Å². The Bertz CT molecular complexity index is 980. The van der Waals surface area contributed by atoms with Crippen LogP contribution in [0, 0.1) is 12.7 Å². The molecule has 1 amide bonds. The molecule has 1 N–H and O–H groups in total. The molecule has 2 aromatic heterocycles. The van der Waals surface area contributed by atoms with E-state index < -0.39 is 0 Å². The SMILES string of the molecule is COc1ccc(F)cc1[C@H]1CC(=O)NCc2nc3c(C)cccn3c21. The lowest BCUT2D eigenvalue weighted by Gasteiger charge is -2.19. The van der Waals surface area contributed by atoms with Crippen LogP contribution >= 0.6 is 0 Å². The van der Waals surface area contributed by atoms with Gasteiger partial charge in [-0.3, -0.25) is 4.79 Å². The van der Waals surface area contributed by atoms with Crippen LogP contribution < -0.4 is 10.1 Å². The number of ether oxygens (including phenoxy) is 1. The van der Waals surface area contributed by atoms with Crippen molar-refractivity contribution < 1.29 is 13.9 Å². The largest absolute Gasteiger partial charge is 0.496 e. The van der Waals surface area contributed by atoms with Crippen molar-refractivity contribution in [2.75, 3.05) is 7.11 Å². The van der Waals surface area contributed by atoms with Crippen LogP contribution in [0.4, 0.5) is 4.39 Å². The average molecular weight is 339 g/mol. The lowest BCUT2D eigenvalue weighted by atomic mass is 9.90. The lowest BCUT2D eigenvalue weighted by molar-refractivity contribution is -0.121. The molecule has 0 unspecified atom stereocenters. The number of carbonyl (C=O) groups excluding carboxylic acids is 1. The molecule has 0 saturated carbocycles. The number of pyridine rings is 1. The summed E-state index contributed by atoms with van der Waals surface area (Å²) in [5.74, 6) is -0.211. The number of fused-ring (bicyclic) bond motifs is 3. The van der Waals surface area contributed by atoms with Crippen LogP contribution in [-0.4, -0.2) is 22.4 Å². The number of carbonyl (C=O) groups is 1. The third-order valence-corrected chi connectivity index (χ3v) is 4.70. The van der Waals surface area contributed by atoms with E-state index in [9.17, 15) is 9.18 Å². The van der Waals surface area contributed by atoms with Crippen molar-refractivity contribution in [3.05, 3.63) is 64.9 Å². The molecule has 25 heavy (non-hydrogen) atoms. The molecule has 0 aliphatic carbocycles. The van der Waals surface area contributed by atoms with Crippen molar-refractivity contribution in [2.24, 2.45) is 0 Å². The second kappa shape index (κ2) is 5.88. The van der Waals surface area contributed by atoms with Gasteiger partial charge in [0.15, 0.2) is 0 Å². The van der Waals surface area contributed by atoms with Gasteiger partial charge in [0, 0.05) is 24.1 Å².